The van der Waals surface area contributed by atoms with Gasteiger partial charge in [-0.2, -0.15) is 5.26 Å². The minimum atomic E-state index is -1.10. The molecule has 2 aromatic rings. The van der Waals surface area contributed by atoms with Crippen LogP contribution in [0.4, 0.5) is 0 Å². The summed E-state index contributed by atoms with van der Waals surface area (Å²) in [6.45, 7) is 0. The van der Waals surface area contributed by atoms with Crippen molar-refractivity contribution in [3.05, 3.63) is 52.5 Å². The first kappa shape index (κ1) is 16.5. The van der Waals surface area contributed by atoms with Crippen molar-refractivity contribution < 1.29 is 19.8 Å². The highest BCUT2D eigenvalue weighted by Gasteiger charge is 2.18. The molecule has 2 aromatic carbocycles. The van der Waals surface area contributed by atoms with Gasteiger partial charge in [-0.3, -0.25) is 9.59 Å². The van der Waals surface area contributed by atoms with E-state index < -0.39 is 17.5 Å². The number of phenolic OH excluding ortho intramolecular Hbond substituents is 1. The number of aliphatic carboxylic acids is 1. The lowest BCUT2D eigenvalue weighted by atomic mass is 9.95. The first-order valence-electron chi connectivity index (χ1n) is 6.70. The number of hydrogen-bond donors (Lipinski definition) is 2. The van der Waals surface area contributed by atoms with Crippen LogP contribution in [0, 0.1) is 11.3 Å². The Morgan fingerprint density at radius 3 is 2.30 bits per heavy atom. The van der Waals surface area contributed by atoms with Crippen molar-refractivity contribution in [3.8, 4) is 22.9 Å². The number of carboxylic acids is 1. The number of ketones is 1. The third-order valence-electron chi connectivity index (χ3n) is 3.27. The van der Waals surface area contributed by atoms with Crippen LogP contribution < -0.4 is 0 Å². The number of aromatic hydroxyl groups is 1. The molecule has 6 heteroatoms. The third kappa shape index (κ3) is 3.87. The van der Waals surface area contributed by atoms with E-state index in [1.807, 2.05) is 6.07 Å². The van der Waals surface area contributed by atoms with Crippen molar-refractivity contribution in [2.75, 3.05) is 0 Å². The fourth-order valence-corrected chi connectivity index (χ4v) is 2.22. The summed E-state index contributed by atoms with van der Waals surface area (Å²) in [6.07, 6.45) is -0.594. The van der Waals surface area contributed by atoms with E-state index in [1.54, 1.807) is 24.3 Å². The molecule has 0 aromatic heterocycles. The second-order valence-electron chi connectivity index (χ2n) is 4.86. The van der Waals surface area contributed by atoms with Gasteiger partial charge in [-0.25, -0.2) is 0 Å². The SMILES string of the molecule is N#Cc1cc(-c2ccc(Cl)cc2)cc(C(=O)CCC(=O)O)c1O. The highest BCUT2D eigenvalue weighted by molar-refractivity contribution is 6.30. The number of phenols is 1. The number of Topliss-reactive ketones (excluding diaryl/α,β-unsaturated/α-hetero) is 1. The zero-order chi connectivity index (χ0) is 17.0. The molecule has 0 atom stereocenters. The molecule has 0 saturated heterocycles. The van der Waals surface area contributed by atoms with Crippen LogP contribution in [-0.4, -0.2) is 22.0 Å². The van der Waals surface area contributed by atoms with Crippen molar-refractivity contribution in [1.82, 2.24) is 0 Å². The molecule has 0 saturated carbocycles. The number of nitriles is 1. The van der Waals surface area contributed by atoms with Gasteiger partial charge < -0.3 is 10.2 Å². The number of nitrogens with zero attached hydrogens (tertiary/aromatic N) is 1. The van der Waals surface area contributed by atoms with E-state index in [2.05, 4.69) is 0 Å². The number of rotatable bonds is 5. The second-order valence-corrected chi connectivity index (χ2v) is 5.29. The second kappa shape index (κ2) is 6.95. The largest absolute Gasteiger partial charge is 0.506 e. The van der Waals surface area contributed by atoms with Crippen LogP contribution in [0.5, 0.6) is 5.75 Å². The molecule has 0 aliphatic carbocycles. The molecule has 0 bridgehead atoms. The zero-order valence-electron chi connectivity index (χ0n) is 11.9. The lowest BCUT2D eigenvalue weighted by Gasteiger charge is -2.09. The minimum absolute atomic E-state index is 0.0453. The van der Waals surface area contributed by atoms with Crippen molar-refractivity contribution in [2.24, 2.45) is 0 Å². The van der Waals surface area contributed by atoms with Gasteiger partial charge in [0.1, 0.15) is 11.8 Å². The number of carbonyl (C=O) groups excluding carboxylic acids is 1. The zero-order valence-corrected chi connectivity index (χ0v) is 12.7. The van der Waals surface area contributed by atoms with Gasteiger partial charge in [0, 0.05) is 11.4 Å². The molecule has 116 valence electrons. The van der Waals surface area contributed by atoms with E-state index in [9.17, 15) is 14.7 Å². The Bertz CT molecular complexity index is 807. The van der Waals surface area contributed by atoms with E-state index in [-0.39, 0.29) is 24.0 Å². The van der Waals surface area contributed by atoms with Crippen molar-refractivity contribution >= 4 is 23.4 Å². The third-order valence-corrected chi connectivity index (χ3v) is 3.53. The molecule has 0 spiro atoms. The maximum absolute atomic E-state index is 12.1. The minimum Gasteiger partial charge on any atom is -0.506 e. The molecule has 0 fully saturated rings. The van der Waals surface area contributed by atoms with Crippen LogP contribution >= 0.6 is 11.6 Å². The molecule has 2 N–H and O–H groups in total. The normalized spacial score (nSPS) is 10.1. The molecule has 0 amide bonds. The van der Waals surface area contributed by atoms with Crippen LogP contribution in [0.25, 0.3) is 11.1 Å². The molecule has 0 unspecified atom stereocenters. The summed E-state index contributed by atoms with van der Waals surface area (Å²) in [5.41, 5.74) is 1.18. The molecule has 0 aliphatic rings. The van der Waals surface area contributed by atoms with Gasteiger partial charge in [0.25, 0.3) is 0 Å². The summed E-state index contributed by atoms with van der Waals surface area (Å²) in [7, 11) is 0. The smallest absolute Gasteiger partial charge is 0.303 e. The maximum atomic E-state index is 12.1. The Morgan fingerprint density at radius 1 is 1.09 bits per heavy atom. The monoisotopic (exact) mass is 329 g/mol. The average Bonchev–Trinajstić information content (AvgIpc) is 2.53. The summed E-state index contributed by atoms with van der Waals surface area (Å²) < 4.78 is 0. The Hall–Kier alpha value is -2.84. The number of halogens is 1. The Morgan fingerprint density at radius 2 is 1.74 bits per heavy atom. The molecule has 2 rings (SSSR count). The molecular weight excluding hydrogens is 318 g/mol. The fourth-order valence-electron chi connectivity index (χ4n) is 2.10. The number of hydrogen-bond acceptors (Lipinski definition) is 4. The molecule has 23 heavy (non-hydrogen) atoms. The summed E-state index contributed by atoms with van der Waals surface area (Å²) in [5.74, 6) is -2.06. The van der Waals surface area contributed by atoms with Crippen LogP contribution in [0.3, 0.4) is 0 Å². The Labute approximate surface area is 137 Å². The number of carboxylic acid groups (broad SMARTS) is 1. The fraction of sp³-hybridized carbons (Fsp3) is 0.118. The first-order valence-corrected chi connectivity index (χ1v) is 7.08. The summed E-state index contributed by atoms with van der Waals surface area (Å²) >= 11 is 5.83. The lowest BCUT2D eigenvalue weighted by Crippen LogP contribution is -2.05. The first-order chi connectivity index (χ1) is 10.9. The Kier molecular flexibility index (Phi) is 4.99. The van der Waals surface area contributed by atoms with Gasteiger partial charge in [-0.05, 0) is 35.4 Å². The van der Waals surface area contributed by atoms with Crippen molar-refractivity contribution in [1.29, 1.82) is 5.26 Å². The van der Waals surface area contributed by atoms with Gasteiger partial charge >= 0.3 is 5.97 Å². The predicted molar refractivity (Wildman–Crippen MR) is 84.5 cm³/mol. The topological polar surface area (TPSA) is 98.4 Å². The summed E-state index contributed by atoms with van der Waals surface area (Å²) in [6, 6.07) is 11.5. The Balaban J connectivity index is 2.48. The quantitative estimate of drug-likeness (QED) is 0.816. The van der Waals surface area contributed by atoms with E-state index in [4.69, 9.17) is 22.0 Å². The van der Waals surface area contributed by atoms with E-state index in [0.29, 0.717) is 10.6 Å². The van der Waals surface area contributed by atoms with Gasteiger partial charge in [0.15, 0.2) is 5.78 Å². The van der Waals surface area contributed by atoms with E-state index in [0.717, 1.165) is 5.56 Å². The number of carbonyl (C=O) groups is 2. The standard InChI is InChI=1S/C17H12ClNO4/c18-13-3-1-10(2-4-13)11-7-12(9-19)17(23)14(8-11)15(20)5-6-16(21)22/h1-4,7-8,23H,5-6H2,(H,21,22). The lowest BCUT2D eigenvalue weighted by molar-refractivity contribution is -0.136. The van der Waals surface area contributed by atoms with Gasteiger partial charge in [-0.15, -0.1) is 0 Å². The molecule has 5 nitrogen and oxygen atoms in total. The van der Waals surface area contributed by atoms with Crippen LogP contribution in [0.1, 0.15) is 28.8 Å². The van der Waals surface area contributed by atoms with Crippen molar-refractivity contribution in [2.45, 2.75) is 12.8 Å². The average molecular weight is 330 g/mol. The number of benzene rings is 2. The van der Waals surface area contributed by atoms with Gasteiger partial charge in [0.2, 0.25) is 0 Å². The summed E-state index contributed by atoms with van der Waals surface area (Å²) in [5, 5.41) is 28.4. The summed E-state index contributed by atoms with van der Waals surface area (Å²) in [4.78, 5) is 22.7. The van der Waals surface area contributed by atoms with Crippen molar-refractivity contribution in [3.63, 3.8) is 0 Å². The van der Waals surface area contributed by atoms with Crippen LogP contribution in [0.15, 0.2) is 36.4 Å². The molecule has 0 heterocycles. The highest BCUT2D eigenvalue weighted by Crippen LogP contribution is 2.31. The molecular formula is C17H12ClNO4. The highest BCUT2D eigenvalue weighted by atomic mass is 35.5. The van der Waals surface area contributed by atoms with E-state index in [1.165, 1.54) is 12.1 Å². The van der Waals surface area contributed by atoms with Crippen LogP contribution in [-0.2, 0) is 4.79 Å². The van der Waals surface area contributed by atoms with Gasteiger partial charge in [0.05, 0.1) is 17.5 Å². The van der Waals surface area contributed by atoms with Crippen LogP contribution in [0.2, 0.25) is 5.02 Å². The van der Waals surface area contributed by atoms with E-state index >= 15 is 0 Å². The van der Waals surface area contributed by atoms with Gasteiger partial charge in [-0.1, -0.05) is 23.7 Å². The maximum Gasteiger partial charge on any atom is 0.303 e. The molecule has 0 radical (unpaired) electrons. The molecule has 0 aliphatic heterocycles. The predicted octanol–water partition coefficient (Wildman–Crippen LogP) is 3.63.